The van der Waals surface area contributed by atoms with E-state index in [1.54, 1.807) is 11.8 Å². The average molecular weight is 407 g/mol. The molecule has 2 aliphatic rings. The Hall–Kier alpha value is -2.39. The summed E-state index contributed by atoms with van der Waals surface area (Å²) in [5.74, 6) is 0.443. The molecule has 2 heterocycles. The fraction of sp³-hybridized carbons (Fsp3) is 0.650. The van der Waals surface area contributed by atoms with Gasteiger partial charge in [0.15, 0.2) is 11.9 Å². The summed E-state index contributed by atoms with van der Waals surface area (Å²) in [4.78, 5) is 19.2. The molecule has 0 fully saturated rings. The number of rotatable bonds is 7. The number of carbonyl (C=O) groups is 1. The lowest BCUT2D eigenvalue weighted by Gasteiger charge is -2.23. The molecule has 0 amide bonds. The number of nitrogens with one attached hydrogen (secondary N) is 2. The quantitative estimate of drug-likeness (QED) is 0.268. The van der Waals surface area contributed by atoms with E-state index >= 15 is 0 Å². The van der Waals surface area contributed by atoms with Crippen molar-refractivity contribution in [3.63, 3.8) is 0 Å². The highest BCUT2D eigenvalue weighted by Gasteiger charge is 2.22. The maximum Gasteiger partial charge on any atom is 0.188 e. The van der Waals surface area contributed by atoms with Gasteiger partial charge in [0.05, 0.1) is 6.04 Å². The van der Waals surface area contributed by atoms with Crippen LogP contribution in [-0.4, -0.2) is 104 Å². The summed E-state index contributed by atoms with van der Waals surface area (Å²) in [5.41, 5.74) is 13.4. The van der Waals surface area contributed by atoms with Gasteiger partial charge in [0, 0.05) is 32.7 Å². The first-order valence-electron chi connectivity index (χ1n) is 9.86. The van der Waals surface area contributed by atoms with Gasteiger partial charge in [-0.25, -0.2) is 0 Å². The molecule has 0 aromatic carbocycles. The van der Waals surface area contributed by atoms with Crippen molar-refractivity contribution < 1.29 is 4.79 Å². The van der Waals surface area contributed by atoms with Crippen LogP contribution in [0.1, 0.15) is 19.8 Å². The lowest BCUT2D eigenvalue weighted by atomic mass is 10.0. The molecule has 0 bridgehead atoms. The summed E-state index contributed by atoms with van der Waals surface area (Å²) < 4.78 is 0. The Labute approximate surface area is 175 Å². The normalized spacial score (nSPS) is 17.1. The van der Waals surface area contributed by atoms with Gasteiger partial charge in [0.1, 0.15) is 5.78 Å². The largest absolute Gasteiger partial charge is 0.370 e. The van der Waals surface area contributed by atoms with Gasteiger partial charge in [0.2, 0.25) is 0 Å². The molecule has 0 saturated heterocycles. The number of carbonyl (C=O) groups excluding carboxylic acids is 1. The van der Waals surface area contributed by atoms with E-state index in [4.69, 9.17) is 22.3 Å². The molecule has 1 atom stereocenters. The number of ketones is 1. The SMILES string of the molecule is CC(=O)C(CC1=CCN(C(=N)N)C1)N(C)C.CN(C)CCC1=CCN(C(=N)N)C1. The molecule has 29 heavy (non-hydrogen) atoms. The average Bonchev–Trinajstić information content (AvgIpc) is 3.27. The Morgan fingerprint density at radius 2 is 1.52 bits per heavy atom. The zero-order valence-electron chi connectivity index (χ0n) is 18.5. The fourth-order valence-corrected chi connectivity index (χ4v) is 3.23. The van der Waals surface area contributed by atoms with Crippen LogP contribution < -0.4 is 11.5 Å². The Kier molecular flexibility index (Phi) is 9.84. The summed E-state index contributed by atoms with van der Waals surface area (Å²) >= 11 is 0. The van der Waals surface area contributed by atoms with Gasteiger partial charge in [-0.05, 0) is 48.0 Å². The summed E-state index contributed by atoms with van der Waals surface area (Å²) in [6, 6.07) is -0.0711. The number of hydrogen-bond acceptors (Lipinski definition) is 5. The van der Waals surface area contributed by atoms with Gasteiger partial charge < -0.3 is 26.2 Å². The van der Waals surface area contributed by atoms with E-state index in [0.717, 1.165) is 32.5 Å². The zero-order valence-corrected chi connectivity index (χ0v) is 18.5. The van der Waals surface area contributed by atoms with Gasteiger partial charge in [-0.15, -0.1) is 0 Å². The fourth-order valence-electron chi connectivity index (χ4n) is 3.23. The first-order chi connectivity index (χ1) is 13.5. The molecule has 9 nitrogen and oxygen atoms in total. The molecule has 2 aliphatic heterocycles. The van der Waals surface area contributed by atoms with Crippen molar-refractivity contribution >= 4 is 17.7 Å². The number of hydrogen-bond donors (Lipinski definition) is 4. The minimum absolute atomic E-state index is 0.0711. The summed E-state index contributed by atoms with van der Waals surface area (Å²) in [7, 11) is 7.95. The van der Waals surface area contributed by atoms with Crippen LogP contribution in [-0.2, 0) is 4.79 Å². The van der Waals surface area contributed by atoms with Gasteiger partial charge >= 0.3 is 0 Å². The number of likely N-dealkylation sites (N-methyl/N-ethyl adjacent to an activating group) is 1. The summed E-state index contributed by atoms with van der Waals surface area (Å²) in [5, 5.41) is 14.6. The van der Waals surface area contributed by atoms with E-state index < -0.39 is 0 Å². The molecule has 0 radical (unpaired) electrons. The Morgan fingerprint density at radius 3 is 1.90 bits per heavy atom. The highest BCUT2D eigenvalue weighted by atomic mass is 16.1. The molecule has 1 unspecified atom stereocenters. The van der Waals surface area contributed by atoms with Crippen molar-refractivity contribution in [1.29, 1.82) is 10.8 Å². The van der Waals surface area contributed by atoms with Crippen molar-refractivity contribution in [3.05, 3.63) is 23.3 Å². The highest BCUT2D eigenvalue weighted by Crippen LogP contribution is 2.16. The first kappa shape index (κ1) is 24.6. The third-order valence-corrected chi connectivity index (χ3v) is 5.10. The predicted octanol–water partition coefficient (Wildman–Crippen LogP) is 0.105. The minimum atomic E-state index is -0.0711. The molecular weight excluding hydrogens is 368 g/mol. The van der Waals surface area contributed by atoms with Crippen LogP contribution in [0.5, 0.6) is 0 Å². The number of nitrogens with zero attached hydrogens (tertiary/aromatic N) is 4. The molecule has 2 rings (SSSR count). The van der Waals surface area contributed by atoms with Crippen LogP contribution in [0.4, 0.5) is 0 Å². The summed E-state index contributed by atoms with van der Waals surface area (Å²) in [6.07, 6.45) is 6.04. The third kappa shape index (κ3) is 8.66. The van der Waals surface area contributed by atoms with E-state index in [2.05, 4.69) is 31.1 Å². The second-order valence-electron chi connectivity index (χ2n) is 8.10. The van der Waals surface area contributed by atoms with Crippen LogP contribution in [0.3, 0.4) is 0 Å². The predicted molar refractivity (Wildman–Crippen MR) is 119 cm³/mol. The van der Waals surface area contributed by atoms with E-state index in [-0.39, 0.29) is 23.7 Å². The Bertz CT molecular complexity index is 653. The monoisotopic (exact) mass is 406 g/mol. The van der Waals surface area contributed by atoms with Gasteiger partial charge in [-0.2, -0.15) is 0 Å². The van der Waals surface area contributed by atoms with E-state index in [1.165, 1.54) is 11.1 Å². The van der Waals surface area contributed by atoms with E-state index in [9.17, 15) is 4.79 Å². The molecular formula is C20H38N8O. The lowest BCUT2D eigenvalue weighted by molar-refractivity contribution is -0.121. The molecule has 0 aromatic heterocycles. The minimum Gasteiger partial charge on any atom is -0.370 e. The zero-order chi connectivity index (χ0) is 22.1. The van der Waals surface area contributed by atoms with Crippen molar-refractivity contribution in [2.75, 3.05) is 60.9 Å². The van der Waals surface area contributed by atoms with E-state index in [0.29, 0.717) is 13.1 Å². The van der Waals surface area contributed by atoms with Gasteiger partial charge in [0.25, 0.3) is 0 Å². The molecule has 9 heteroatoms. The van der Waals surface area contributed by atoms with Gasteiger partial charge in [-0.3, -0.25) is 20.5 Å². The van der Waals surface area contributed by atoms with Crippen molar-refractivity contribution in [2.24, 2.45) is 11.5 Å². The van der Waals surface area contributed by atoms with Crippen LogP contribution in [0, 0.1) is 10.8 Å². The Balaban J connectivity index is 0.000000296. The molecule has 6 N–H and O–H groups in total. The maximum atomic E-state index is 11.4. The molecule has 0 spiro atoms. The van der Waals surface area contributed by atoms with Crippen LogP contribution in [0.2, 0.25) is 0 Å². The highest BCUT2D eigenvalue weighted by molar-refractivity contribution is 5.82. The lowest BCUT2D eigenvalue weighted by Crippen LogP contribution is -2.37. The van der Waals surface area contributed by atoms with Crippen molar-refractivity contribution in [3.8, 4) is 0 Å². The van der Waals surface area contributed by atoms with Crippen molar-refractivity contribution in [1.82, 2.24) is 19.6 Å². The topological polar surface area (TPSA) is 130 Å². The Morgan fingerprint density at radius 1 is 1.03 bits per heavy atom. The first-order valence-corrected chi connectivity index (χ1v) is 9.86. The molecule has 0 saturated carbocycles. The molecule has 0 aliphatic carbocycles. The molecule has 164 valence electrons. The smallest absolute Gasteiger partial charge is 0.188 e. The number of guanidine groups is 2. The van der Waals surface area contributed by atoms with Crippen LogP contribution >= 0.6 is 0 Å². The van der Waals surface area contributed by atoms with E-state index in [1.807, 2.05) is 23.9 Å². The number of Topliss-reactive ketones (excluding diaryl/α,β-unsaturated/α-hetero) is 1. The van der Waals surface area contributed by atoms with Crippen molar-refractivity contribution in [2.45, 2.75) is 25.8 Å². The second kappa shape index (κ2) is 11.6. The number of nitrogens with two attached hydrogens (primary N) is 2. The van der Waals surface area contributed by atoms with Crippen LogP contribution in [0.25, 0.3) is 0 Å². The summed E-state index contributed by atoms with van der Waals surface area (Å²) in [6.45, 7) is 5.68. The second-order valence-corrected chi connectivity index (χ2v) is 8.10. The molecule has 0 aromatic rings. The third-order valence-electron chi connectivity index (χ3n) is 5.10. The van der Waals surface area contributed by atoms with Gasteiger partial charge in [-0.1, -0.05) is 23.3 Å². The maximum absolute atomic E-state index is 11.4. The standard InChI is InChI=1S/C11H20N4O.C9H18N4/c1-8(16)10(14(2)3)6-9-4-5-15(7-9)11(12)13;1-12(2)5-3-8-4-6-13(7-8)9(10)11/h4,10H,5-7H2,1-3H3,(H3,12,13);4H,3,5-7H2,1-2H3,(H3,10,11). The van der Waals surface area contributed by atoms with Crippen LogP contribution in [0.15, 0.2) is 23.3 Å².